The molecule has 0 aromatic carbocycles. The monoisotopic (exact) mass is 288 g/mol. The lowest BCUT2D eigenvalue weighted by Gasteiger charge is -2.39. The molecule has 0 bridgehead atoms. The van der Waals surface area contributed by atoms with E-state index in [-0.39, 0.29) is 6.61 Å². The molecular weight excluding hydrogens is 268 g/mol. The van der Waals surface area contributed by atoms with Gasteiger partial charge in [-0.2, -0.15) is 5.26 Å². The Balaban J connectivity index is 2.79. The quantitative estimate of drug-likeness (QED) is 0.712. The van der Waals surface area contributed by atoms with Crippen LogP contribution in [0.25, 0.3) is 0 Å². The number of carbonyl (C=O) groups is 1. The van der Waals surface area contributed by atoms with Gasteiger partial charge in [0.1, 0.15) is 5.92 Å². The predicted octanol–water partition coefficient (Wildman–Crippen LogP) is 0.751. The Labute approximate surface area is 114 Å². The van der Waals surface area contributed by atoms with Gasteiger partial charge in [-0.15, -0.1) is 0 Å². The summed E-state index contributed by atoms with van der Waals surface area (Å²) < 4.78 is 29.2. The summed E-state index contributed by atoms with van der Waals surface area (Å²) in [6.07, 6.45) is 2.14. The van der Waals surface area contributed by atoms with E-state index in [1.165, 1.54) is 10.6 Å². The first-order valence-corrected chi connectivity index (χ1v) is 8.11. The number of hydrogen-bond acceptors (Lipinski definition) is 5. The average molecular weight is 288 g/mol. The molecule has 0 saturated carbocycles. The summed E-state index contributed by atoms with van der Waals surface area (Å²) in [6, 6.07) is 2.01. The zero-order chi connectivity index (χ0) is 14.7. The van der Waals surface area contributed by atoms with Gasteiger partial charge in [0.2, 0.25) is 10.0 Å². The van der Waals surface area contributed by atoms with Crippen molar-refractivity contribution in [1.29, 1.82) is 5.26 Å². The molecule has 1 aliphatic heterocycles. The topological polar surface area (TPSA) is 87.5 Å². The van der Waals surface area contributed by atoms with Crippen molar-refractivity contribution in [1.82, 2.24) is 4.31 Å². The number of sulfonamides is 1. The highest BCUT2D eigenvalue weighted by Crippen LogP contribution is 2.39. The van der Waals surface area contributed by atoms with Crippen molar-refractivity contribution in [2.24, 2.45) is 11.3 Å². The molecule has 1 atom stereocenters. The second-order valence-electron chi connectivity index (χ2n) is 5.13. The van der Waals surface area contributed by atoms with Crippen molar-refractivity contribution in [2.45, 2.75) is 26.7 Å². The SMILES string of the molecule is CCOC(=O)C(C#N)C1(C)CCN(S(C)(=O)=O)CC1. The molecule has 1 heterocycles. The minimum absolute atomic E-state index is 0.239. The van der Waals surface area contributed by atoms with E-state index >= 15 is 0 Å². The summed E-state index contributed by atoms with van der Waals surface area (Å²) >= 11 is 0. The molecule has 6 nitrogen and oxygen atoms in total. The zero-order valence-electron chi connectivity index (χ0n) is 11.5. The lowest BCUT2D eigenvalue weighted by Crippen LogP contribution is -2.46. The molecule has 0 spiro atoms. The minimum Gasteiger partial charge on any atom is -0.465 e. The van der Waals surface area contributed by atoms with Crippen LogP contribution in [0.3, 0.4) is 0 Å². The van der Waals surface area contributed by atoms with Crippen molar-refractivity contribution in [3.8, 4) is 6.07 Å². The zero-order valence-corrected chi connectivity index (χ0v) is 12.4. The summed E-state index contributed by atoms with van der Waals surface area (Å²) in [6.45, 7) is 4.46. The summed E-state index contributed by atoms with van der Waals surface area (Å²) in [5, 5.41) is 9.18. The number of nitriles is 1. The van der Waals surface area contributed by atoms with Crippen LogP contribution in [0.2, 0.25) is 0 Å². The van der Waals surface area contributed by atoms with Crippen molar-refractivity contribution in [3.63, 3.8) is 0 Å². The molecule has 19 heavy (non-hydrogen) atoms. The van der Waals surface area contributed by atoms with Gasteiger partial charge in [-0.3, -0.25) is 4.79 Å². The van der Waals surface area contributed by atoms with Gasteiger partial charge in [-0.25, -0.2) is 12.7 Å². The molecule has 1 fully saturated rings. The first-order chi connectivity index (χ1) is 8.74. The maximum atomic E-state index is 11.8. The van der Waals surface area contributed by atoms with Crippen molar-refractivity contribution < 1.29 is 17.9 Å². The van der Waals surface area contributed by atoms with Gasteiger partial charge in [0.25, 0.3) is 0 Å². The van der Waals surface area contributed by atoms with E-state index < -0.39 is 27.3 Å². The van der Waals surface area contributed by atoms with E-state index in [0.29, 0.717) is 25.9 Å². The van der Waals surface area contributed by atoms with Crippen LogP contribution in [0.1, 0.15) is 26.7 Å². The van der Waals surface area contributed by atoms with Crippen LogP contribution >= 0.6 is 0 Å². The fourth-order valence-electron chi connectivity index (χ4n) is 2.34. The van der Waals surface area contributed by atoms with Crippen LogP contribution in [0.4, 0.5) is 0 Å². The van der Waals surface area contributed by atoms with Crippen molar-refractivity contribution in [2.75, 3.05) is 26.0 Å². The average Bonchev–Trinajstić information content (AvgIpc) is 2.29. The number of hydrogen-bond donors (Lipinski definition) is 0. The van der Waals surface area contributed by atoms with E-state index in [0.717, 1.165) is 0 Å². The fourth-order valence-corrected chi connectivity index (χ4v) is 3.18. The maximum absolute atomic E-state index is 11.8. The Morgan fingerprint density at radius 3 is 2.37 bits per heavy atom. The Kier molecular flexibility index (Phi) is 4.93. The Morgan fingerprint density at radius 1 is 1.47 bits per heavy atom. The minimum atomic E-state index is -3.20. The third-order valence-corrected chi connectivity index (χ3v) is 4.99. The molecule has 0 aromatic heterocycles. The number of nitrogens with zero attached hydrogens (tertiary/aromatic N) is 2. The molecular formula is C12H20N2O4S. The van der Waals surface area contributed by atoms with Crippen LogP contribution < -0.4 is 0 Å². The van der Waals surface area contributed by atoms with Gasteiger partial charge in [-0.1, -0.05) is 6.92 Å². The third kappa shape index (κ3) is 3.67. The van der Waals surface area contributed by atoms with Crippen LogP contribution in [-0.2, 0) is 19.6 Å². The van der Waals surface area contributed by atoms with E-state index in [2.05, 4.69) is 0 Å². The number of esters is 1. The van der Waals surface area contributed by atoms with Gasteiger partial charge in [0.05, 0.1) is 18.9 Å². The van der Waals surface area contributed by atoms with Gasteiger partial charge in [0, 0.05) is 13.1 Å². The number of piperidine rings is 1. The van der Waals surface area contributed by atoms with Crippen LogP contribution in [0.5, 0.6) is 0 Å². The van der Waals surface area contributed by atoms with Crippen molar-refractivity contribution in [3.05, 3.63) is 0 Å². The fraction of sp³-hybridized carbons (Fsp3) is 0.833. The molecule has 0 N–H and O–H groups in total. The second-order valence-corrected chi connectivity index (χ2v) is 7.11. The Hall–Kier alpha value is -1.13. The Morgan fingerprint density at radius 2 is 2.00 bits per heavy atom. The molecule has 0 aromatic rings. The lowest BCUT2D eigenvalue weighted by atomic mass is 9.71. The number of rotatable bonds is 4. The Bertz CT molecular complexity index is 472. The first kappa shape index (κ1) is 15.9. The predicted molar refractivity (Wildman–Crippen MR) is 69.5 cm³/mol. The van der Waals surface area contributed by atoms with Gasteiger partial charge in [0.15, 0.2) is 0 Å². The molecule has 1 rings (SSSR count). The molecule has 0 amide bonds. The molecule has 1 saturated heterocycles. The summed E-state index contributed by atoms with van der Waals surface area (Å²) in [7, 11) is -3.20. The van der Waals surface area contributed by atoms with E-state index in [4.69, 9.17) is 4.74 Å². The molecule has 1 unspecified atom stereocenters. The smallest absolute Gasteiger partial charge is 0.323 e. The number of carbonyl (C=O) groups excluding carboxylic acids is 1. The number of ether oxygens (including phenoxy) is 1. The largest absolute Gasteiger partial charge is 0.465 e. The van der Waals surface area contributed by atoms with Gasteiger partial charge >= 0.3 is 5.97 Å². The van der Waals surface area contributed by atoms with Crippen LogP contribution in [0.15, 0.2) is 0 Å². The molecule has 1 aliphatic rings. The summed E-state index contributed by atoms with van der Waals surface area (Å²) in [5.41, 5.74) is -0.526. The highest BCUT2D eigenvalue weighted by molar-refractivity contribution is 7.88. The molecule has 0 radical (unpaired) electrons. The van der Waals surface area contributed by atoms with E-state index in [9.17, 15) is 18.5 Å². The van der Waals surface area contributed by atoms with Crippen LogP contribution in [-0.4, -0.2) is 44.6 Å². The van der Waals surface area contributed by atoms with Crippen molar-refractivity contribution >= 4 is 16.0 Å². The maximum Gasteiger partial charge on any atom is 0.323 e. The van der Waals surface area contributed by atoms with E-state index in [1.54, 1.807) is 6.92 Å². The first-order valence-electron chi connectivity index (χ1n) is 6.26. The molecule has 7 heteroatoms. The highest BCUT2D eigenvalue weighted by Gasteiger charge is 2.43. The van der Waals surface area contributed by atoms with Crippen LogP contribution in [0, 0.1) is 22.7 Å². The standard InChI is InChI=1S/C12H20N2O4S/c1-4-18-11(15)10(9-13)12(2)5-7-14(8-6-12)19(3,16)17/h10H,4-8H2,1-3H3. The highest BCUT2D eigenvalue weighted by atomic mass is 32.2. The normalized spacial score (nSPS) is 21.4. The summed E-state index contributed by atoms with van der Waals surface area (Å²) in [5.74, 6) is -1.35. The third-order valence-electron chi connectivity index (χ3n) is 3.68. The lowest BCUT2D eigenvalue weighted by molar-refractivity contribution is -0.150. The van der Waals surface area contributed by atoms with Gasteiger partial charge < -0.3 is 4.74 Å². The second kappa shape index (κ2) is 5.88. The van der Waals surface area contributed by atoms with Gasteiger partial charge in [-0.05, 0) is 25.2 Å². The molecule has 0 aliphatic carbocycles. The molecule has 108 valence electrons. The summed E-state index contributed by atoms with van der Waals surface area (Å²) in [4.78, 5) is 11.8. The van der Waals surface area contributed by atoms with E-state index in [1.807, 2.05) is 13.0 Å².